The Kier molecular flexibility index (Phi) is 6.29. The molecular weight excluding hydrogens is 448 g/mol. The molecule has 0 unspecified atom stereocenters. The lowest BCUT2D eigenvalue weighted by atomic mass is 10.1. The van der Waals surface area contributed by atoms with Crippen LogP contribution in [-0.2, 0) is 0 Å². The van der Waals surface area contributed by atoms with Gasteiger partial charge in [-0.25, -0.2) is 0 Å². The van der Waals surface area contributed by atoms with E-state index in [-0.39, 0.29) is 11.8 Å². The second-order valence-corrected chi connectivity index (χ2v) is 8.65. The van der Waals surface area contributed by atoms with Crippen LogP contribution in [0.1, 0.15) is 12.8 Å². The molecule has 5 rings (SSSR count). The van der Waals surface area contributed by atoms with E-state index in [0.29, 0.717) is 17.2 Å². The van der Waals surface area contributed by atoms with Crippen LogP contribution in [0, 0.1) is 10.1 Å². The average molecular weight is 475 g/mol. The fourth-order valence-corrected chi connectivity index (χ4v) is 4.20. The molecule has 8 nitrogen and oxygen atoms in total. The molecule has 0 aliphatic carbocycles. The maximum atomic E-state index is 11.0. The van der Waals surface area contributed by atoms with Crippen molar-refractivity contribution in [3.05, 3.63) is 76.8 Å². The molecule has 1 aliphatic rings. The predicted octanol–water partition coefficient (Wildman–Crippen LogP) is 6.28. The van der Waals surface area contributed by atoms with Gasteiger partial charge in [-0.15, -0.1) is 0 Å². The molecule has 0 saturated carbocycles. The molecule has 1 aromatic heterocycles. The first-order valence-electron chi connectivity index (χ1n) is 11.5. The Bertz CT molecular complexity index is 1340. The van der Waals surface area contributed by atoms with Crippen molar-refractivity contribution in [1.29, 1.82) is 0 Å². The first kappa shape index (κ1) is 22.7. The summed E-state index contributed by atoms with van der Waals surface area (Å²) in [4.78, 5) is 12.8. The van der Waals surface area contributed by atoms with Crippen molar-refractivity contribution >= 4 is 16.7 Å². The van der Waals surface area contributed by atoms with Crippen LogP contribution in [0.25, 0.3) is 22.3 Å². The van der Waals surface area contributed by atoms with Crippen LogP contribution in [0.2, 0.25) is 0 Å². The summed E-state index contributed by atoms with van der Waals surface area (Å²) >= 11 is 0. The van der Waals surface area contributed by atoms with Crippen molar-refractivity contribution in [3.8, 4) is 34.3 Å². The molecule has 1 aliphatic heterocycles. The first-order valence-corrected chi connectivity index (χ1v) is 11.5. The van der Waals surface area contributed by atoms with E-state index >= 15 is 0 Å². The number of nitrogens with zero attached hydrogens (tertiary/aromatic N) is 2. The number of likely N-dealkylation sites (tertiary alicyclic amines) is 1. The van der Waals surface area contributed by atoms with Crippen molar-refractivity contribution in [3.63, 3.8) is 0 Å². The van der Waals surface area contributed by atoms with Gasteiger partial charge in [0.25, 0.3) is 5.69 Å². The molecule has 0 atom stereocenters. The van der Waals surface area contributed by atoms with E-state index < -0.39 is 4.92 Å². The van der Waals surface area contributed by atoms with E-state index in [2.05, 4.69) is 11.9 Å². The molecule has 180 valence electrons. The van der Waals surface area contributed by atoms with Crippen molar-refractivity contribution in [1.82, 2.24) is 4.90 Å². The number of hydrogen-bond acceptors (Lipinski definition) is 7. The van der Waals surface area contributed by atoms with Crippen molar-refractivity contribution in [2.24, 2.45) is 0 Å². The minimum Gasteiger partial charge on any atom is -0.493 e. The van der Waals surface area contributed by atoms with Gasteiger partial charge in [-0.2, -0.15) is 0 Å². The van der Waals surface area contributed by atoms with Crippen LogP contribution in [-0.4, -0.2) is 43.2 Å². The highest BCUT2D eigenvalue weighted by atomic mass is 16.6. The second kappa shape index (κ2) is 9.68. The Labute approximate surface area is 202 Å². The van der Waals surface area contributed by atoms with E-state index in [1.54, 1.807) is 0 Å². The van der Waals surface area contributed by atoms with E-state index in [1.165, 1.54) is 25.3 Å². The third-order valence-corrected chi connectivity index (χ3v) is 6.18. The lowest BCUT2D eigenvalue weighted by Crippen LogP contribution is -2.35. The van der Waals surface area contributed by atoms with Crippen LogP contribution in [0.3, 0.4) is 0 Å². The highest BCUT2D eigenvalue weighted by Gasteiger charge is 2.18. The molecule has 3 aromatic carbocycles. The molecule has 8 heteroatoms. The topological polar surface area (TPSA) is 87.2 Å². The van der Waals surface area contributed by atoms with Gasteiger partial charge in [0.05, 0.1) is 18.1 Å². The third kappa shape index (κ3) is 5.07. The number of non-ortho nitro benzene ring substituents is 1. The maximum absolute atomic E-state index is 11.0. The van der Waals surface area contributed by atoms with Crippen molar-refractivity contribution < 1.29 is 23.6 Å². The standard InChI is InChI=1S/C27H26N2O6/c1-28-13-11-22(12-14-28)33-23-8-10-24-19(15-23)16-26(35-24)18-3-6-21(7-4-18)34-25-9-5-20(29(30)31)17-27(25)32-2/h3-10,15-17,22H,11-14H2,1-2H3. The first-order chi connectivity index (χ1) is 17.0. The summed E-state index contributed by atoms with van der Waals surface area (Å²) in [6, 6.07) is 19.6. The molecule has 1 fully saturated rings. The summed E-state index contributed by atoms with van der Waals surface area (Å²) < 4.78 is 23.4. The van der Waals surface area contributed by atoms with Gasteiger partial charge in [0.1, 0.15) is 28.9 Å². The van der Waals surface area contributed by atoms with Gasteiger partial charge in [0, 0.05) is 30.1 Å². The van der Waals surface area contributed by atoms with Crippen LogP contribution in [0.5, 0.6) is 23.0 Å². The lowest BCUT2D eigenvalue weighted by molar-refractivity contribution is -0.384. The Morgan fingerprint density at radius 2 is 1.69 bits per heavy atom. The van der Waals surface area contributed by atoms with Gasteiger partial charge in [0.15, 0.2) is 11.5 Å². The molecule has 2 heterocycles. The zero-order chi connectivity index (χ0) is 24.4. The summed E-state index contributed by atoms with van der Waals surface area (Å²) in [7, 11) is 3.58. The van der Waals surface area contributed by atoms with Crippen LogP contribution in [0.4, 0.5) is 5.69 Å². The molecule has 0 spiro atoms. The van der Waals surface area contributed by atoms with Crippen molar-refractivity contribution in [2.45, 2.75) is 18.9 Å². The molecule has 0 bridgehead atoms. The molecule has 1 saturated heterocycles. The van der Waals surface area contributed by atoms with Gasteiger partial charge in [-0.05, 0) is 74.5 Å². The third-order valence-electron chi connectivity index (χ3n) is 6.18. The molecule has 0 radical (unpaired) electrons. The fourth-order valence-electron chi connectivity index (χ4n) is 4.20. The minimum atomic E-state index is -0.474. The van der Waals surface area contributed by atoms with Gasteiger partial charge >= 0.3 is 0 Å². The van der Waals surface area contributed by atoms with Gasteiger partial charge in [-0.1, -0.05) is 0 Å². The van der Waals surface area contributed by atoms with E-state index in [4.69, 9.17) is 18.6 Å². The smallest absolute Gasteiger partial charge is 0.273 e. The number of rotatable bonds is 7. The number of ether oxygens (including phenoxy) is 3. The number of furan rings is 1. The number of hydrogen-bond donors (Lipinski definition) is 0. The van der Waals surface area contributed by atoms with Crippen LogP contribution in [0.15, 0.2) is 71.1 Å². The maximum Gasteiger partial charge on any atom is 0.273 e. The molecule has 0 N–H and O–H groups in total. The largest absolute Gasteiger partial charge is 0.493 e. The molecule has 4 aromatic rings. The van der Waals surface area contributed by atoms with E-state index in [1.807, 2.05) is 48.5 Å². The summed E-state index contributed by atoms with van der Waals surface area (Å²) in [6.07, 6.45) is 2.31. The molecule has 35 heavy (non-hydrogen) atoms. The van der Waals surface area contributed by atoms with Crippen LogP contribution < -0.4 is 14.2 Å². The van der Waals surface area contributed by atoms with Gasteiger partial charge in [0.2, 0.25) is 0 Å². The number of nitro benzene ring substituents is 1. The van der Waals surface area contributed by atoms with E-state index in [0.717, 1.165) is 54.0 Å². The predicted molar refractivity (Wildman–Crippen MR) is 133 cm³/mol. The molecule has 0 amide bonds. The number of benzene rings is 3. The van der Waals surface area contributed by atoms with Crippen molar-refractivity contribution in [2.75, 3.05) is 27.2 Å². The summed E-state index contributed by atoms with van der Waals surface area (Å²) in [5, 5.41) is 12.0. The highest BCUT2D eigenvalue weighted by Crippen LogP contribution is 2.36. The average Bonchev–Trinajstić information content (AvgIpc) is 3.29. The second-order valence-electron chi connectivity index (χ2n) is 8.65. The molecular formula is C27H26N2O6. The Morgan fingerprint density at radius 1 is 0.943 bits per heavy atom. The normalized spacial score (nSPS) is 14.7. The Morgan fingerprint density at radius 3 is 2.40 bits per heavy atom. The monoisotopic (exact) mass is 474 g/mol. The number of nitro groups is 1. The zero-order valence-corrected chi connectivity index (χ0v) is 19.6. The summed E-state index contributed by atoms with van der Waals surface area (Å²) in [6.45, 7) is 2.11. The summed E-state index contributed by atoms with van der Waals surface area (Å²) in [5.41, 5.74) is 1.64. The number of methoxy groups -OCH3 is 1. The number of piperidine rings is 1. The fraction of sp³-hybridized carbons (Fsp3) is 0.259. The zero-order valence-electron chi connectivity index (χ0n) is 19.6. The van der Waals surface area contributed by atoms with Gasteiger partial charge < -0.3 is 23.5 Å². The SMILES string of the molecule is COc1cc([N+](=O)[O-])ccc1Oc1ccc(-c2cc3cc(OC4CCN(C)CC4)ccc3o2)cc1. The number of fused-ring (bicyclic) bond motifs is 1. The highest BCUT2D eigenvalue weighted by molar-refractivity contribution is 5.84. The quantitative estimate of drug-likeness (QED) is 0.230. The minimum absolute atomic E-state index is 0.0608. The van der Waals surface area contributed by atoms with Crippen LogP contribution >= 0.6 is 0 Å². The lowest BCUT2D eigenvalue weighted by Gasteiger charge is -2.29. The summed E-state index contributed by atoms with van der Waals surface area (Å²) in [5.74, 6) is 2.87. The van der Waals surface area contributed by atoms with E-state index in [9.17, 15) is 10.1 Å². The van der Waals surface area contributed by atoms with Gasteiger partial charge in [-0.3, -0.25) is 10.1 Å². The Hall–Kier alpha value is -4.04. The Balaban J connectivity index is 1.30.